The summed E-state index contributed by atoms with van der Waals surface area (Å²) in [6, 6.07) is 3.04. The van der Waals surface area contributed by atoms with E-state index in [2.05, 4.69) is 15.0 Å². The van der Waals surface area contributed by atoms with Crippen molar-refractivity contribution in [1.82, 2.24) is 15.0 Å². The number of benzene rings is 1. The van der Waals surface area contributed by atoms with Crippen LogP contribution < -0.4 is 11.3 Å². The van der Waals surface area contributed by atoms with E-state index < -0.39 is 28.5 Å². The van der Waals surface area contributed by atoms with E-state index in [0.29, 0.717) is 0 Å². The van der Waals surface area contributed by atoms with Gasteiger partial charge in [0.15, 0.2) is 5.82 Å². The molecule has 2 heterocycles. The Morgan fingerprint density at radius 1 is 1.27 bits per heavy atom. The fourth-order valence-electron chi connectivity index (χ4n) is 2.03. The quantitative estimate of drug-likeness (QED) is 0.381. The zero-order chi connectivity index (χ0) is 16.0. The van der Waals surface area contributed by atoms with Crippen molar-refractivity contribution >= 4 is 34.1 Å². The molecule has 0 unspecified atom stereocenters. The molecule has 0 saturated heterocycles. The molecule has 1 aromatic carbocycles. The van der Waals surface area contributed by atoms with Crippen molar-refractivity contribution < 1.29 is 13.6 Å². The Kier molecular flexibility index (Phi) is 3.18. The zero-order valence-corrected chi connectivity index (χ0v) is 11.5. The molecular weight excluding hydrogens is 318 g/mol. The maximum Gasteiger partial charge on any atom is 0.261 e. The summed E-state index contributed by atoms with van der Waals surface area (Å²) in [6.45, 7) is 0. The fraction of sp³-hybridized carbons (Fsp3) is 0. The van der Waals surface area contributed by atoms with Gasteiger partial charge in [-0.25, -0.2) is 13.8 Å². The predicted molar refractivity (Wildman–Crippen MR) is 75.9 cm³/mol. The molecule has 0 aliphatic rings. The number of carbonyl (C=O) groups is 1. The third-order valence-corrected chi connectivity index (χ3v) is 3.24. The summed E-state index contributed by atoms with van der Waals surface area (Å²) < 4.78 is 27.6. The third kappa shape index (κ3) is 2.13. The average Bonchev–Trinajstić information content (AvgIpc) is 2.87. The first kappa shape index (κ1) is 14.2. The maximum absolute atomic E-state index is 13.9. The average molecular weight is 325 g/mol. The van der Waals surface area contributed by atoms with Gasteiger partial charge in [0.2, 0.25) is 11.1 Å². The summed E-state index contributed by atoms with van der Waals surface area (Å²) in [7, 11) is 0. The molecule has 0 aliphatic heterocycles. The number of nitrogens with two attached hydrogens (primary N) is 1. The lowest BCUT2D eigenvalue weighted by Crippen LogP contribution is -2.10. The van der Waals surface area contributed by atoms with Crippen LogP contribution in [0.1, 0.15) is 16.1 Å². The number of aromatic nitrogens is 3. The van der Waals surface area contributed by atoms with Crippen LogP contribution >= 0.6 is 11.6 Å². The molecule has 112 valence electrons. The Hall–Kier alpha value is -2.74. The van der Waals surface area contributed by atoms with E-state index in [4.69, 9.17) is 17.3 Å². The molecule has 22 heavy (non-hydrogen) atoms. The molecule has 3 rings (SSSR count). The SMILES string of the molecule is Nc1ccc(F)c(C(=O)c2cc3c(=O)[nH]c(Cl)nc3[nH]2)c1F. The number of ketones is 1. The van der Waals surface area contributed by atoms with E-state index >= 15 is 0 Å². The van der Waals surface area contributed by atoms with Crippen LogP contribution in [0, 0.1) is 11.6 Å². The predicted octanol–water partition coefficient (Wildman–Crippen LogP) is 2.00. The number of anilines is 1. The topological polar surface area (TPSA) is 105 Å². The van der Waals surface area contributed by atoms with Gasteiger partial charge in [-0.15, -0.1) is 0 Å². The van der Waals surface area contributed by atoms with Gasteiger partial charge in [-0.2, -0.15) is 0 Å². The van der Waals surface area contributed by atoms with Gasteiger partial charge in [0, 0.05) is 0 Å². The number of rotatable bonds is 2. The lowest BCUT2D eigenvalue weighted by atomic mass is 10.1. The number of fused-ring (bicyclic) bond motifs is 1. The van der Waals surface area contributed by atoms with Crippen LogP contribution in [-0.2, 0) is 0 Å². The number of hydrogen-bond donors (Lipinski definition) is 3. The van der Waals surface area contributed by atoms with Gasteiger partial charge in [0.05, 0.1) is 22.3 Å². The van der Waals surface area contributed by atoms with Crippen molar-refractivity contribution in [2.75, 3.05) is 5.73 Å². The lowest BCUT2D eigenvalue weighted by molar-refractivity contribution is 0.102. The summed E-state index contributed by atoms with van der Waals surface area (Å²) in [6.07, 6.45) is 0. The molecule has 2 aromatic heterocycles. The van der Waals surface area contributed by atoms with E-state index in [-0.39, 0.29) is 27.7 Å². The summed E-state index contributed by atoms with van der Waals surface area (Å²) in [5.74, 6) is -3.21. The molecular formula is C13H7ClF2N4O2. The van der Waals surface area contributed by atoms with Crippen molar-refractivity contribution in [2.24, 2.45) is 0 Å². The molecule has 0 bridgehead atoms. The Morgan fingerprint density at radius 2 is 2.00 bits per heavy atom. The van der Waals surface area contributed by atoms with E-state index in [1.165, 1.54) is 0 Å². The summed E-state index contributed by atoms with van der Waals surface area (Å²) in [4.78, 5) is 32.5. The van der Waals surface area contributed by atoms with E-state index in [1.807, 2.05) is 0 Å². The minimum absolute atomic E-state index is 0.0295. The number of H-pyrrole nitrogens is 2. The smallest absolute Gasteiger partial charge is 0.261 e. The minimum Gasteiger partial charge on any atom is -0.396 e. The second kappa shape index (κ2) is 4.92. The van der Waals surface area contributed by atoms with Crippen molar-refractivity contribution in [2.45, 2.75) is 0 Å². The molecule has 6 nitrogen and oxygen atoms in total. The third-order valence-electron chi connectivity index (χ3n) is 3.06. The van der Waals surface area contributed by atoms with Crippen LogP contribution in [0.25, 0.3) is 11.0 Å². The number of nitrogen functional groups attached to an aromatic ring is 1. The summed E-state index contributed by atoms with van der Waals surface area (Å²) in [5, 5.41) is -0.142. The van der Waals surface area contributed by atoms with Crippen molar-refractivity contribution in [3.63, 3.8) is 0 Å². The first-order valence-electron chi connectivity index (χ1n) is 5.95. The van der Waals surface area contributed by atoms with E-state index in [9.17, 15) is 18.4 Å². The number of carbonyl (C=O) groups excluding carboxylic acids is 1. The molecule has 0 saturated carbocycles. The first-order valence-corrected chi connectivity index (χ1v) is 6.33. The normalized spacial score (nSPS) is 11.0. The van der Waals surface area contributed by atoms with E-state index in [1.54, 1.807) is 0 Å². The molecule has 0 fully saturated rings. The highest BCUT2D eigenvalue weighted by molar-refractivity contribution is 6.28. The van der Waals surface area contributed by atoms with Crippen LogP contribution in [-0.4, -0.2) is 20.7 Å². The van der Waals surface area contributed by atoms with Crippen molar-refractivity contribution in [3.05, 3.63) is 56.7 Å². The highest BCUT2D eigenvalue weighted by Gasteiger charge is 2.23. The highest BCUT2D eigenvalue weighted by Crippen LogP contribution is 2.22. The molecule has 0 spiro atoms. The number of nitrogens with zero attached hydrogens (tertiary/aromatic N) is 1. The summed E-state index contributed by atoms with van der Waals surface area (Å²) in [5.41, 5.74) is 3.40. The van der Waals surface area contributed by atoms with Crippen LogP contribution in [0.5, 0.6) is 0 Å². The molecule has 0 amide bonds. The number of halogens is 3. The standard InChI is InChI=1S/C13H7ClF2N4O2/c14-13-19-11-4(12(22)20-13)3-7(18-11)10(21)8-5(15)1-2-6(17)9(8)16/h1-3H,17H2,(H2,18,19,20,22). The fourth-order valence-corrected chi connectivity index (χ4v) is 2.20. The molecule has 3 aromatic rings. The van der Waals surface area contributed by atoms with Crippen molar-refractivity contribution in [1.29, 1.82) is 0 Å². The zero-order valence-electron chi connectivity index (χ0n) is 10.7. The number of nitrogens with one attached hydrogen (secondary N) is 2. The first-order chi connectivity index (χ1) is 10.4. The second-order valence-corrected chi connectivity index (χ2v) is 4.81. The molecule has 4 N–H and O–H groups in total. The molecule has 9 heteroatoms. The van der Waals surface area contributed by atoms with E-state index in [0.717, 1.165) is 18.2 Å². The Morgan fingerprint density at radius 3 is 2.73 bits per heavy atom. The Balaban J connectivity index is 2.20. The molecule has 0 radical (unpaired) electrons. The summed E-state index contributed by atoms with van der Waals surface area (Å²) >= 11 is 5.59. The van der Waals surface area contributed by atoms with Gasteiger partial charge in [-0.1, -0.05) is 0 Å². The number of hydrogen-bond acceptors (Lipinski definition) is 4. The van der Waals surface area contributed by atoms with Gasteiger partial charge in [0.1, 0.15) is 11.5 Å². The van der Waals surface area contributed by atoms with Crippen molar-refractivity contribution in [3.8, 4) is 0 Å². The van der Waals surface area contributed by atoms with Gasteiger partial charge in [-0.05, 0) is 29.8 Å². The lowest BCUT2D eigenvalue weighted by Gasteiger charge is -2.04. The van der Waals surface area contributed by atoms with Gasteiger partial charge < -0.3 is 10.7 Å². The van der Waals surface area contributed by atoms with Crippen LogP contribution in [0.3, 0.4) is 0 Å². The largest absolute Gasteiger partial charge is 0.396 e. The van der Waals surface area contributed by atoms with Crippen LogP contribution in [0.15, 0.2) is 23.0 Å². The molecule has 0 aliphatic carbocycles. The monoisotopic (exact) mass is 324 g/mol. The maximum atomic E-state index is 13.9. The number of aromatic amines is 2. The Bertz CT molecular complexity index is 980. The highest BCUT2D eigenvalue weighted by atomic mass is 35.5. The Labute approximate surface area is 125 Å². The van der Waals surface area contributed by atoms with Gasteiger partial charge in [0.25, 0.3) is 5.56 Å². The molecule has 0 atom stereocenters. The van der Waals surface area contributed by atoms with Gasteiger partial charge in [-0.3, -0.25) is 14.6 Å². The van der Waals surface area contributed by atoms with Crippen LogP contribution in [0.2, 0.25) is 5.28 Å². The minimum atomic E-state index is -1.16. The van der Waals surface area contributed by atoms with Crippen LogP contribution in [0.4, 0.5) is 14.5 Å². The van der Waals surface area contributed by atoms with Gasteiger partial charge >= 0.3 is 0 Å². The second-order valence-electron chi connectivity index (χ2n) is 4.46.